The summed E-state index contributed by atoms with van der Waals surface area (Å²) in [5, 5.41) is 34.1. The van der Waals surface area contributed by atoms with Crippen LogP contribution in [0.2, 0.25) is 0 Å². The van der Waals surface area contributed by atoms with Gasteiger partial charge in [0.05, 0.1) is 5.54 Å². The van der Waals surface area contributed by atoms with Crippen molar-refractivity contribution in [2.75, 3.05) is 5.73 Å². The van der Waals surface area contributed by atoms with Crippen molar-refractivity contribution < 1.29 is 46.3 Å². The molecule has 1 aromatic carbocycles. The van der Waals surface area contributed by atoms with Gasteiger partial charge in [0.2, 0.25) is 0 Å². The number of anilines is 1. The van der Waals surface area contributed by atoms with Crippen LogP contribution in [0.4, 0.5) is 5.13 Å². The summed E-state index contributed by atoms with van der Waals surface area (Å²) in [4.78, 5) is 48.4. The first kappa shape index (κ1) is 35.5. The van der Waals surface area contributed by atoms with Crippen LogP contribution in [0.15, 0.2) is 28.7 Å². The fourth-order valence-corrected chi connectivity index (χ4v) is 7.79. The Morgan fingerprint density at radius 1 is 1.24 bits per heavy atom. The molecule has 50 heavy (non-hydrogen) atoms. The molecule has 5 heterocycles. The van der Waals surface area contributed by atoms with Gasteiger partial charge in [-0.3, -0.25) is 19.6 Å². The van der Waals surface area contributed by atoms with E-state index in [2.05, 4.69) is 30.4 Å². The quantitative estimate of drug-likeness (QED) is 0.0552. The predicted molar refractivity (Wildman–Crippen MR) is 178 cm³/mol. The highest BCUT2D eigenvalue weighted by Crippen LogP contribution is 2.36. The second kappa shape index (κ2) is 13.1. The number of aryl methyl sites for hydroxylation is 1. The molecule has 4 aliphatic heterocycles. The molecule has 6 atom stereocenters. The van der Waals surface area contributed by atoms with Crippen LogP contribution in [0.25, 0.3) is 0 Å². The first-order valence-corrected chi connectivity index (χ1v) is 18.1. The summed E-state index contributed by atoms with van der Waals surface area (Å²) in [5.74, 6) is -2.70. The van der Waals surface area contributed by atoms with Gasteiger partial charge in [0.25, 0.3) is 17.4 Å². The minimum Gasteiger partial charge on any atom is -0.485 e. The number of thiazole rings is 1. The van der Waals surface area contributed by atoms with E-state index in [1.165, 1.54) is 26.2 Å². The number of nitrogen functional groups attached to an aromatic ring is 1. The summed E-state index contributed by atoms with van der Waals surface area (Å²) in [6, 6.07) is 5.13. The Hall–Kier alpha value is -4.37. The number of carbonyl (C=O) groups excluding carboxylic acids is 2. The standard InChI is InChI=1S/C30H38N8O10S2/c1-29(2)23(26(40)38(29)48-50(43,44)45)36-25(39)22(19-13-49-28(32)35-19)37-47-30(3,27(41)42)21-9-5-14-10-15(4-8-20(14)46-21)24(31)34-18-11-16-6-7-17(12-18)33-16/h4,8,10,13,16-18,21,23,33H,5-7,9,11-12H2,1-3H3,(H2,31,34)(H2,32,35)(H,36,39)(H,41,42)(H,43,44,45)/b37-22-/t16-,17+,18?,21-,23-,30+/m1/s1. The smallest absolute Gasteiger partial charge is 0.418 e. The lowest BCUT2D eigenvalue weighted by Gasteiger charge is -2.50. The predicted octanol–water partition coefficient (Wildman–Crippen LogP) is 0.721. The molecule has 20 heteroatoms. The maximum absolute atomic E-state index is 13.5. The van der Waals surface area contributed by atoms with Crippen molar-refractivity contribution >= 4 is 56.2 Å². The van der Waals surface area contributed by atoms with Crippen molar-refractivity contribution in [3.05, 3.63) is 40.4 Å². The van der Waals surface area contributed by atoms with Crippen LogP contribution in [0.5, 0.6) is 5.75 Å². The highest BCUT2D eigenvalue weighted by atomic mass is 32.3. The van der Waals surface area contributed by atoms with Crippen LogP contribution in [0.3, 0.4) is 0 Å². The van der Waals surface area contributed by atoms with Crippen LogP contribution < -0.4 is 26.4 Å². The number of fused-ring (bicyclic) bond motifs is 3. The molecule has 2 aromatic rings. The molecule has 270 valence electrons. The Morgan fingerprint density at radius 3 is 2.54 bits per heavy atom. The Morgan fingerprint density at radius 2 is 1.94 bits per heavy atom. The third kappa shape index (κ3) is 6.97. The van der Waals surface area contributed by atoms with Crippen molar-refractivity contribution in [3.63, 3.8) is 0 Å². The van der Waals surface area contributed by atoms with Gasteiger partial charge in [0.1, 0.15) is 23.3 Å². The summed E-state index contributed by atoms with van der Waals surface area (Å²) in [7, 11) is -5.03. The summed E-state index contributed by atoms with van der Waals surface area (Å²) in [6.07, 6.45) is 3.78. The van der Waals surface area contributed by atoms with Crippen molar-refractivity contribution in [1.82, 2.24) is 26.0 Å². The molecule has 3 saturated heterocycles. The number of piperidine rings is 1. The summed E-state index contributed by atoms with van der Waals surface area (Å²) >= 11 is 0.969. The number of hydrogen-bond donors (Lipinski definition) is 7. The number of hydroxylamine groups is 2. The van der Waals surface area contributed by atoms with Gasteiger partial charge in [-0.1, -0.05) is 5.16 Å². The van der Waals surface area contributed by atoms with Crippen LogP contribution >= 0.6 is 11.3 Å². The molecular weight excluding hydrogens is 697 g/mol. The zero-order chi connectivity index (χ0) is 36.2. The van der Waals surface area contributed by atoms with Gasteiger partial charge in [0, 0.05) is 29.1 Å². The van der Waals surface area contributed by atoms with E-state index < -0.39 is 57.2 Å². The van der Waals surface area contributed by atoms with E-state index >= 15 is 0 Å². The highest BCUT2D eigenvalue weighted by molar-refractivity contribution is 7.80. The van der Waals surface area contributed by atoms with Crippen LogP contribution in [-0.4, -0.2) is 98.9 Å². The number of carboxylic acids is 1. The average molecular weight is 735 g/mol. The molecular formula is C30H38N8O10S2. The number of nitrogens with zero attached hydrogens (tertiary/aromatic N) is 3. The molecule has 6 rings (SSSR count). The lowest BCUT2D eigenvalue weighted by atomic mass is 9.84. The molecule has 0 spiro atoms. The largest absolute Gasteiger partial charge is 0.485 e. The number of aromatic nitrogens is 1. The van der Waals surface area contributed by atoms with Crippen LogP contribution in [0, 0.1) is 5.41 Å². The van der Waals surface area contributed by atoms with E-state index in [0.29, 0.717) is 40.7 Å². The lowest BCUT2D eigenvalue weighted by molar-refractivity contribution is -0.218. The molecule has 1 aromatic heterocycles. The summed E-state index contributed by atoms with van der Waals surface area (Å²) in [5.41, 5.74) is 3.11. The molecule has 8 N–H and O–H groups in total. The lowest BCUT2D eigenvalue weighted by Crippen LogP contribution is -2.76. The van der Waals surface area contributed by atoms with Gasteiger partial charge in [0.15, 0.2) is 16.9 Å². The van der Waals surface area contributed by atoms with Crippen molar-refractivity contribution in [1.29, 1.82) is 5.41 Å². The Kier molecular flexibility index (Phi) is 9.27. The number of rotatable bonds is 11. The van der Waals surface area contributed by atoms with E-state index in [4.69, 9.17) is 25.3 Å². The maximum Gasteiger partial charge on any atom is 0.418 e. The van der Waals surface area contributed by atoms with Crippen LogP contribution in [-0.2, 0) is 40.3 Å². The SMILES string of the molecule is CC1(C)[C@H](NC(=O)/C(=N\O[C@](C)(C(=O)O)[C@H]2CCc3cc(C(=N)NC4C[C@H]5CC[C@@H](C4)N5)ccc3O2)c2csc(N)n2)C(=O)N1OS(=O)(=O)O. The van der Waals surface area contributed by atoms with Gasteiger partial charge in [-0.2, -0.15) is 13.5 Å². The average Bonchev–Trinajstić information content (AvgIpc) is 3.64. The van der Waals surface area contributed by atoms with E-state index in [-0.39, 0.29) is 23.3 Å². The Labute approximate surface area is 291 Å². The number of carboxylic acid groups (broad SMARTS) is 1. The number of amidine groups is 1. The highest BCUT2D eigenvalue weighted by Gasteiger charge is 2.58. The Balaban J connectivity index is 1.17. The molecule has 1 unspecified atom stereocenters. The van der Waals surface area contributed by atoms with Crippen molar-refractivity contribution in [2.24, 2.45) is 5.16 Å². The number of aliphatic carboxylic acids is 1. The fourth-order valence-electron chi connectivity index (χ4n) is 6.79. The second-order valence-corrected chi connectivity index (χ2v) is 15.4. The van der Waals surface area contributed by atoms with Gasteiger partial charge >= 0.3 is 16.4 Å². The molecule has 0 aliphatic carbocycles. The number of amides is 2. The number of nitrogens with two attached hydrogens (primary N) is 1. The zero-order valence-corrected chi connectivity index (χ0v) is 29.0. The molecule has 3 fully saturated rings. The molecule has 2 amide bonds. The molecule has 2 bridgehead atoms. The number of nitrogens with one attached hydrogen (secondary N) is 4. The van der Waals surface area contributed by atoms with Gasteiger partial charge in [-0.25, -0.2) is 9.78 Å². The number of β-lactam (4-membered cyclic amide) rings is 1. The van der Waals surface area contributed by atoms with E-state index in [0.717, 1.165) is 42.6 Å². The number of ether oxygens (including phenoxy) is 1. The minimum absolute atomic E-state index is 0.0620. The van der Waals surface area contributed by atoms with E-state index in [9.17, 15) is 27.9 Å². The van der Waals surface area contributed by atoms with Gasteiger partial charge < -0.3 is 36.4 Å². The number of carbonyl (C=O) groups is 3. The van der Waals surface area contributed by atoms with E-state index in [1.807, 2.05) is 6.07 Å². The molecule has 0 radical (unpaired) electrons. The van der Waals surface area contributed by atoms with E-state index in [1.54, 1.807) is 12.1 Å². The van der Waals surface area contributed by atoms with Gasteiger partial charge in [-0.05, 0) is 83.1 Å². The Bertz CT molecular complexity index is 1850. The first-order valence-electron chi connectivity index (χ1n) is 15.9. The fraction of sp³-hybridized carbons (Fsp3) is 0.533. The molecule has 4 aliphatic rings. The second-order valence-electron chi connectivity index (χ2n) is 13.5. The minimum atomic E-state index is -5.03. The zero-order valence-electron chi connectivity index (χ0n) is 27.3. The maximum atomic E-state index is 13.5. The van der Waals surface area contributed by atoms with Crippen LogP contribution in [0.1, 0.15) is 69.7 Å². The number of benzene rings is 1. The first-order chi connectivity index (χ1) is 23.4. The molecule has 0 saturated carbocycles. The number of oxime groups is 1. The summed E-state index contributed by atoms with van der Waals surface area (Å²) < 4.78 is 41.8. The summed E-state index contributed by atoms with van der Waals surface area (Å²) in [6.45, 7) is 4.00. The van der Waals surface area contributed by atoms with Crippen molar-refractivity contribution in [2.45, 2.75) is 101 Å². The third-order valence-corrected chi connectivity index (χ3v) is 10.6. The topological polar surface area (TPSA) is 268 Å². The molecule has 18 nitrogen and oxygen atoms in total. The normalized spacial score (nSPS) is 26.9. The van der Waals surface area contributed by atoms with Gasteiger partial charge in [-0.15, -0.1) is 15.6 Å². The number of hydrogen-bond acceptors (Lipinski definition) is 14. The third-order valence-electron chi connectivity index (χ3n) is 9.58. The van der Waals surface area contributed by atoms with Crippen molar-refractivity contribution in [3.8, 4) is 5.75 Å². The monoisotopic (exact) mass is 734 g/mol.